The number of carboxylic acid groups (broad SMARTS) is 1. The highest BCUT2D eigenvalue weighted by Gasteiger charge is 2.36. The molecule has 0 aliphatic carbocycles. The van der Waals surface area contributed by atoms with Crippen molar-refractivity contribution in [3.05, 3.63) is 47.7 Å². The van der Waals surface area contributed by atoms with Gasteiger partial charge in [-0.15, -0.1) is 11.3 Å². The lowest BCUT2D eigenvalue weighted by Crippen LogP contribution is -2.42. The second-order valence-corrected chi connectivity index (χ2v) is 6.80. The number of aliphatic carboxylic acids is 1. The van der Waals surface area contributed by atoms with Gasteiger partial charge in [-0.25, -0.2) is 15.0 Å². The van der Waals surface area contributed by atoms with Crippen molar-refractivity contribution < 1.29 is 9.90 Å². The fourth-order valence-corrected chi connectivity index (χ4v) is 3.99. The first-order valence-corrected chi connectivity index (χ1v) is 8.68. The zero-order valence-corrected chi connectivity index (χ0v) is 13.7. The summed E-state index contributed by atoms with van der Waals surface area (Å²) in [4.78, 5) is 26.7. The average molecular weight is 340 g/mol. The number of aromatic nitrogens is 3. The molecule has 1 aromatic carbocycles. The predicted molar refractivity (Wildman–Crippen MR) is 92.3 cm³/mol. The smallest absolute Gasteiger partial charge is 0.307 e. The van der Waals surface area contributed by atoms with E-state index in [0.717, 1.165) is 15.8 Å². The Labute approximate surface area is 142 Å². The topological polar surface area (TPSA) is 79.2 Å². The van der Waals surface area contributed by atoms with Gasteiger partial charge >= 0.3 is 5.97 Å². The Morgan fingerprint density at radius 3 is 2.88 bits per heavy atom. The van der Waals surface area contributed by atoms with Crippen molar-refractivity contribution in [2.24, 2.45) is 5.92 Å². The van der Waals surface area contributed by atoms with E-state index >= 15 is 0 Å². The highest BCUT2D eigenvalue weighted by Crippen LogP contribution is 2.35. The zero-order chi connectivity index (χ0) is 16.5. The number of anilines is 1. The third kappa shape index (κ3) is 2.71. The first-order valence-electron chi connectivity index (χ1n) is 7.80. The van der Waals surface area contributed by atoms with Crippen molar-refractivity contribution in [1.29, 1.82) is 0 Å². The lowest BCUT2D eigenvalue weighted by atomic mass is 9.80. The molecule has 1 fully saturated rings. The molecule has 0 saturated carbocycles. The number of fused-ring (bicyclic) bond motifs is 1. The van der Waals surface area contributed by atoms with Gasteiger partial charge in [0.05, 0.1) is 21.6 Å². The third-order valence-electron chi connectivity index (χ3n) is 4.55. The van der Waals surface area contributed by atoms with Gasteiger partial charge in [-0.3, -0.25) is 4.79 Å². The van der Waals surface area contributed by atoms with Crippen molar-refractivity contribution in [1.82, 2.24) is 15.0 Å². The molecule has 2 unspecified atom stereocenters. The molecule has 7 heteroatoms. The second-order valence-electron chi connectivity index (χ2n) is 5.91. The van der Waals surface area contributed by atoms with E-state index in [-0.39, 0.29) is 5.92 Å². The Balaban J connectivity index is 1.69. The lowest BCUT2D eigenvalue weighted by molar-refractivity contribution is -0.143. The molecular weight excluding hydrogens is 324 g/mol. The van der Waals surface area contributed by atoms with Crippen LogP contribution in [-0.4, -0.2) is 39.1 Å². The fourth-order valence-electron chi connectivity index (χ4n) is 3.33. The minimum absolute atomic E-state index is 0.105. The molecule has 24 heavy (non-hydrogen) atoms. The van der Waals surface area contributed by atoms with Crippen molar-refractivity contribution >= 4 is 33.5 Å². The molecule has 1 aliphatic rings. The Hall–Kier alpha value is -2.54. The van der Waals surface area contributed by atoms with E-state index in [0.29, 0.717) is 25.5 Å². The average Bonchev–Trinajstić information content (AvgIpc) is 3.09. The van der Waals surface area contributed by atoms with Crippen LogP contribution in [0.2, 0.25) is 0 Å². The summed E-state index contributed by atoms with van der Waals surface area (Å²) in [7, 11) is 0. The van der Waals surface area contributed by atoms with Gasteiger partial charge in [-0.05, 0) is 30.2 Å². The van der Waals surface area contributed by atoms with Crippen LogP contribution in [0.1, 0.15) is 17.9 Å². The maximum atomic E-state index is 11.7. The van der Waals surface area contributed by atoms with Gasteiger partial charge in [-0.1, -0.05) is 6.07 Å². The molecule has 3 aromatic rings. The maximum absolute atomic E-state index is 11.7. The van der Waals surface area contributed by atoms with Crippen LogP contribution >= 0.6 is 11.3 Å². The Bertz CT molecular complexity index is 867. The molecule has 0 spiro atoms. The van der Waals surface area contributed by atoms with E-state index in [4.69, 9.17) is 0 Å². The van der Waals surface area contributed by atoms with Crippen LogP contribution in [0.5, 0.6) is 0 Å². The molecule has 6 nitrogen and oxygen atoms in total. The van der Waals surface area contributed by atoms with Crippen molar-refractivity contribution in [3.63, 3.8) is 0 Å². The van der Waals surface area contributed by atoms with Crippen LogP contribution in [0.3, 0.4) is 0 Å². The lowest BCUT2D eigenvalue weighted by Gasteiger charge is -2.37. The van der Waals surface area contributed by atoms with E-state index in [2.05, 4.69) is 19.9 Å². The number of carboxylic acids is 1. The van der Waals surface area contributed by atoms with Crippen molar-refractivity contribution in [2.45, 2.75) is 12.3 Å². The molecular formula is C17H16N4O2S. The molecule has 2 aromatic heterocycles. The summed E-state index contributed by atoms with van der Waals surface area (Å²) in [6.45, 7) is 1.24. The molecule has 0 radical (unpaired) electrons. The summed E-state index contributed by atoms with van der Waals surface area (Å²) < 4.78 is 1.12. The molecule has 122 valence electrons. The van der Waals surface area contributed by atoms with E-state index in [1.807, 2.05) is 23.7 Å². The minimum Gasteiger partial charge on any atom is -0.481 e. The molecule has 4 rings (SSSR count). The van der Waals surface area contributed by atoms with E-state index in [1.165, 1.54) is 0 Å². The summed E-state index contributed by atoms with van der Waals surface area (Å²) in [6.07, 6.45) is 4.00. The largest absolute Gasteiger partial charge is 0.481 e. The number of hydrogen-bond acceptors (Lipinski definition) is 6. The second kappa shape index (κ2) is 6.16. The first kappa shape index (κ1) is 15.0. The molecule has 0 bridgehead atoms. The molecule has 3 heterocycles. The number of nitrogens with zero attached hydrogens (tertiary/aromatic N) is 4. The minimum atomic E-state index is -0.744. The highest BCUT2D eigenvalue weighted by atomic mass is 32.1. The number of benzene rings is 1. The Morgan fingerprint density at radius 2 is 2.08 bits per heavy atom. The predicted octanol–water partition coefficient (Wildman–Crippen LogP) is 2.78. The number of carbonyl (C=O) groups is 1. The number of thiazole rings is 1. The first-order chi connectivity index (χ1) is 11.7. The normalized spacial score (nSPS) is 21.1. The molecule has 1 N–H and O–H groups in total. The van der Waals surface area contributed by atoms with E-state index in [9.17, 15) is 9.90 Å². The van der Waals surface area contributed by atoms with E-state index < -0.39 is 11.9 Å². The van der Waals surface area contributed by atoms with Gasteiger partial charge in [0, 0.05) is 31.4 Å². The molecule has 2 atom stereocenters. The quantitative estimate of drug-likeness (QED) is 0.790. The zero-order valence-electron chi connectivity index (χ0n) is 12.9. The summed E-state index contributed by atoms with van der Waals surface area (Å²) in [5, 5.41) is 9.64. The SMILES string of the molecule is O=C(O)C1CCN(c2ncccn2)CC1c1ccc2scnc2c1. The Morgan fingerprint density at radius 1 is 1.25 bits per heavy atom. The summed E-state index contributed by atoms with van der Waals surface area (Å²) in [5.41, 5.74) is 3.75. The number of rotatable bonds is 3. The summed E-state index contributed by atoms with van der Waals surface area (Å²) >= 11 is 1.59. The van der Waals surface area contributed by atoms with Crippen LogP contribution in [0.15, 0.2) is 42.2 Å². The number of hydrogen-bond donors (Lipinski definition) is 1. The van der Waals surface area contributed by atoms with Gasteiger partial charge in [-0.2, -0.15) is 0 Å². The standard InChI is InChI=1S/C17H16N4O2S/c22-16(23)12-4-7-21(17-18-5-1-6-19-17)9-13(12)11-2-3-15-14(8-11)20-10-24-15/h1-3,5-6,8,10,12-13H,4,7,9H2,(H,22,23). The van der Waals surface area contributed by atoms with Gasteiger partial charge < -0.3 is 10.0 Å². The van der Waals surface area contributed by atoms with Crippen LogP contribution in [0, 0.1) is 5.92 Å². The number of piperidine rings is 1. The van der Waals surface area contributed by atoms with E-state index in [1.54, 1.807) is 29.8 Å². The third-order valence-corrected chi connectivity index (χ3v) is 5.36. The highest BCUT2D eigenvalue weighted by molar-refractivity contribution is 7.16. The molecule has 1 saturated heterocycles. The van der Waals surface area contributed by atoms with Gasteiger partial charge in [0.25, 0.3) is 0 Å². The van der Waals surface area contributed by atoms with Crippen LogP contribution in [0.25, 0.3) is 10.2 Å². The molecule has 1 aliphatic heterocycles. The Kier molecular flexibility index (Phi) is 3.86. The monoisotopic (exact) mass is 340 g/mol. The summed E-state index contributed by atoms with van der Waals surface area (Å²) in [5.74, 6) is -0.597. The van der Waals surface area contributed by atoms with Crippen LogP contribution in [-0.2, 0) is 4.79 Å². The fraction of sp³-hybridized carbons (Fsp3) is 0.294. The van der Waals surface area contributed by atoms with Gasteiger partial charge in [0.15, 0.2) is 0 Å². The van der Waals surface area contributed by atoms with Gasteiger partial charge in [0.1, 0.15) is 0 Å². The van der Waals surface area contributed by atoms with Crippen molar-refractivity contribution in [3.8, 4) is 0 Å². The summed E-state index contributed by atoms with van der Waals surface area (Å²) in [6, 6.07) is 7.85. The van der Waals surface area contributed by atoms with Crippen molar-refractivity contribution in [2.75, 3.05) is 18.0 Å². The molecule has 0 amide bonds. The maximum Gasteiger partial charge on any atom is 0.307 e. The van der Waals surface area contributed by atoms with Crippen LogP contribution in [0.4, 0.5) is 5.95 Å². The van der Waals surface area contributed by atoms with Crippen LogP contribution < -0.4 is 4.90 Å². The van der Waals surface area contributed by atoms with Gasteiger partial charge in [0.2, 0.25) is 5.95 Å².